The third-order valence-corrected chi connectivity index (χ3v) is 2.97. The molecule has 5 heteroatoms. The second-order valence-corrected chi connectivity index (χ2v) is 4.39. The van der Waals surface area contributed by atoms with Crippen molar-refractivity contribution in [1.82, 2.24) is 15.8 Å². The lowest BCUT2D eigenvalue weighted by molar-refractivity contribution is -0.125. The smallest absolute Gasteiger partial charge is 0.225 e. The second-order valence-electron chi connectivity index (χ2n) is 4.39. The Hall–Kier alpha value is -1.36. The highest BCUT2D eigenvalue weighted by Gasteiger charge is 2.29. The van der Waals surface area contributed by atoms with E-state index in [2.05, 4.69) is 22.7 Å². The van der Waals surface area contributed by atoms with Gasteiger partial charge in [0.05, 0.1) is 12.5 Å². The van der Waals surface area contributed by atoms with Crippen LogP contribution < -0.4 is 10.6 Å². The maximum absolute atomic E-state index is 11.8. The summed E-state index contributed by atoms with van der Waals surface area (Å²) in [7, 11) is 0. The van der Waals surface area contributed by atoms with Crippen LogP contribution in [0.3, 0.4) is 0 Å². The van der Waals surface area contributed by atoms with E-state index in [-0.39, 0.29) is 11.8 Å². The van der Waals surface area contributed by atoms with E-state index >= 15 is 0 Å². The molecular formula is C11H17N3O2. The van der Waals surface area contributed by atoms with E-state index in [4.69, 9.17) is 4.52 Å². The van der Waals surface area contributed by atoms with Gasteiger partial charge in [-0.1, -0.05) is 12.1 Å². The van der Waals surface area contributed by atoms with Crippen molar-refractivity contribution in [2.75, 3.05) is 13.1 Å². The number of nitrogens with one attached hydrogen (secondary N) is 2. The molecule has 1 amide bonds. The monoisotopic (exact) mass is 223 g/mol. The van der Waals surface area contributed by atoms with Crippen molar-refractivity contribution in [2.45, 2.75) is 20.4 Å². The first-order chi connectivity index (χ1) is 7.66. The second kappa shape index (κ2) is 4.65. The number of hydrogen-bond acceptors (Lipinski definition) is 4. The molecule has 16 heavy (non-hydrogen) atoms. The van der Waals surface area contributed by atoms with Crippen molar-refractivity contribution in [3.05, 3.63) is 17.5 Å². The van der Waals surface area contributed by atoms with E-state index in [0.717, 1.165) is 24.5 Å². The Balaban J connectivity index is 1.83. The molecule has 88 valence electrons. The van der Waals surface area contributed by atoms with Gasteiger partial charge in [0.15, 0.2) is 0 Å². The van der Waals surface area contributed by atoms with Crippen molar-refractivity contribution in [3.8, 4) is 0 Å². The maximum atomic E-state index is 11.8. The van der Waals surface area contributed by atoms with Crippen LogP contribution in [0.5, 0.6) is 0 Å². The average Bonchev–Trinajstić information content (AvgIpc) is 2.84. The van der Waals surface area contributed by atoms with Crippen LogP contribution in [0.4, 0.5) is 0 Å². The number of hydrogen-bond donors (Lipinski definition) is 2. The van der Waals surface area contributed by atoms with Gasteiger partial charge in [-0.05, 0) is 19.4 Å². The fraction of sp³-hybridized carbons (Fsp3) is 0.636. The number of aromatic nitrogens is 1. The molecule has 1 fully saturated rings. The van der Waals surface area contributed by atoms with Gasteiger partial charge in [0.2, 0.25) is 5.91 Å². The van der Waals surface area contributed by atoms with Crippen LogP contribution in [0.2, 0.25) is 0 Å². The molecule has 0 bridgehead atoms. The zero-order valence-electron chi connectivity index (χ0n) is 9.62. The summed E-state index contributed by atoms with van der Waals surface area (Å²) >= 11 is 0. The highest BCUT2D eigenvalue weighted by atomic mass is 16.5. The zero-order chi connectivity index (χ0) is 11.5. The number of aryl methyl sites for hydroxylation is 1. The summed E-state index contributed by atoms with van der Waals surface area (Å²) in [5.41, 5.74) is 0.768. The van der Waals surface area contributed by atoms with E-state index in [1.807, 2.05) is 13.0 Å². The van der Waals surface area contributed by atoms with Crippen molar-refractivity contribution in [2.24, 2.45) is 11.8 Å². The molecule has 2 rings (SSSR count). The summed E-state index contributed by atoms with van der Waals surface area (Å²) in [4.78, 5) is 11.8. The molecule has 1 aromatic heterocycles. The van der Waals surface area contributed by atoms with Crippen LogP contribution in [0.15, 0.2) is 10.6 Å². The minimum Gasteiger partial charge on any atom is -0.361 e. The molecule has 2 atom stereocenters. The van der Waals surface area contributed by atoms with Crippen LogP contribution in [0.25, 0.3) is 0 Å². The molecule has 0 spiro atoms. The minimum absolute atomic E-state index is 0.0768. The van der Waals surface area contributed by atoms with Gasteiger partial charge in [0.1, 0.15) is 11.5 Å². The normalized spacial score (nSPS) is 24.6. The Morgan fingerprint density at radius 1 is 1.69 bits per heavy atom. The molecule has 2 heterocycles. The van der Waals surface area contributed by atoms with Gasteiger partial charge in [-0.3, -0.25) is 4.79 Å². The summed E-state index contributed by atoms with van der Waals surface area (Å²) in [6.45, 7) is 6.05. The van der Waals surface area contributed by atoms with Gasteiger partial charge in [-0.2, -0.15) is 0 Å². The van der Waals surface area contributed by atoms with Gasteiger partial charge < -0.3 is 15.2 Å². The van der Waals surface area contributed by atoms with Crippen molar-refractivity contribution in [3.63, 3.8) is 0 Å². The summed E-state index contributed by atoms with van der Waals surface area (Å²) in [5, 5.41) is 9.92. The number of carbonyl (C=O) groups is 1. The van der Waals surface area contributed by atoms with E-state index in [9.17, 15) is 4.79 Å². The van der Waals surface area contributed by atoms with Crippen LogP contribution >= 0.6 is 0 Å². The predicted octanol–water partition coefficient (Wildman–Crippen LogP) is 0.455. The Morgan fingerprint density at radius 2 is 2.50 bits per heavy atom. The standard InChI is InChI=1S/C11H17N3O2/c1-7-4-12-6-10(7)11(15)13-5-9-3-8(2)16-14-9/h3,7,10,12H,4-6H2,1-2H3,(H,13,15). The molecule has 1 aliphatic heterocycles. The molecule has 0 saturated carbocycles. The van der Waals surface area contributed by atoms with Crippen molar-refractivity contribution < 1.29 is 9.32 Å². The molecule has 1 aliphatic rings. The van der Waals surface area contributed by atoms with Gasteiger partial charge in [0, 0.05) is 12.6 Å². The summed E-state index contributed by atoms with van der Waals surface area (Å²) < 4.78 is 4.93. The van der Waals surface area contributed by atoms with Gasteiger partial charge >= 0.3 is 0 Å². The van der Waals surface area contributed by atoms with Crippen molar-refractivity contribution >= 4 is 5.91 Å². The van der Waals surface area contributed by atoms with Gasteiger partial charge in [-0.25, -0.2) is 0 Å². The summed E-state index contributed by atoms with van der Waals surface area (Å²) in [5.74, 6) is 1.34. The fourth-order valence-corrected chi connectivity index (χ4v) is 1.97. The molecule has 2 N–H and O–H groups in total. The predicted molar refractivity (Wildman–Crippen MR) is 58.6 cm³/mol. The van der Waals surface area contributed by atoms with Crippen LogP contribution in [0, 0.1) is 18.8 Å². The topological polar surface area (TPSA) is 67.2 Å². The Labute approximate surface area is 94.6 Å². The van der Waals surface area contributed by atoms with E-state index in [1.54, 1.807) is 0 Å². The first-order valence-corrected chi connectivity index (χ1v) is 5.57. The third kappa shape index (κ3) is 2.41. The number of carbonyl (C=O) groups excluding carboxylic acids is 1. The van der Waals surface area contributed by atoms with Crippen LogP contribution in [-0.2, 0) is 11.3 Å². The molecular weight excluding hydrogens is 206 g/mol. The Morgan fingerprint density at radius 3 is 3.06 bits per heavy atom. The lowest BCUT2D eigenvalue weighted by atomic mass is 9.97. The number of amides is 1. The number of nitrogens with zero attached hydrogens (tertiary/aromatic N) is 1. The largest absolute Gasteiger partial charge is 0.361 e. The zero-order valence-corrected chi connectivity index (χ0v) is 9.62. The molecule has 5 nitrogen and oxygen atoms in total. The fourth-order valence-electron chi connectivity index (χ4n) is 1.97. The first kappa shape index (κ1) is 11.1. The number of rotatable bonds is 3. The molecule has 2 unspecified atom stereocenters. The summed E-state index contributed by atoms with van der Waals surface area (Å²) in [6, 6.07) is 1.83. The third-order valence-electron chi connectivity index (χ3n) is 2.97. The van der Waals surface area contributed by atoms with E-state index in [0.29, 0.717) is 12.5 Å². The maximum Gasteiger partial charge on any atom is 0.225 e. The highest BCUT2D eigenvalue weighted by molar-refractivity contribution is 5.79. The van der Waals surface area contributed by atoms with E-state index < -0.39 is 0 Å². The molecule has 0 aliphatic carbocycles. The SMILES string of the molecule is Cc1cc(CNC(=O)C2CNCC2C)no1. The molecule has 1 aromatic rings. The lowest BCUT2D eigenvalue weighted by Gasteiger charge is -2.13. The average molecular weight is 223 g/mol. The highest BCUT2D eigenvalue weighted by Crippen LogP contribution is 2.15. The first-order valence-electron chi connectivity index (χ1n) is 5.57. The molecule has 1 saturated heterocycles. The van der Waals surface area contributed by atoms with Gasteiger partial charge in [-0.15, -0.1) is 0 Å². The Kier molecular flexibility index (Phi) is 3.24. The molecule has 0 aromatic carbocycles. The van der Waals surface area contributed by atoms with Crippen LogP contribution in [0.1, 0.15) is 18.4 Å². The molecule has 0 radical (unpaired) electrons. The lowest BCUT2D eigenvalue weighted by Crippen LogP contribution is -2.33. The Bertz CT molecular complexity index is 375. The quantitative estimate of drug-likeness (QED) is 0.781. The van der Waals surface area contributed by atoms with Crippen molar-refractivity contribution in [1.29, 1.82) is 0 Å². The van der Waals surface area contributed by atoms with Gasteiger partial charge in [0.25, 0.3) is 0 Å². The minimum atomic E-state index is 0.0768. The summed E-state index contributed by atoms with van der Waals surface area (Å²) in [6.07, 6.45) is 0. The van der Waals surface area contributed by atoms with E-state index in [1.165, 1.54) is 0 Å². The van der Waals surface area contributed by atoms with Crippen LogP contribution in [-0.4, -0.2) is 24.2 Å².